The summed E-state index contributed by atoms with van der Waals surface area (Å²) in [6, 6.07) is 9.24. The van der Waals surface area contributed by atoms with Gasteiger partial charge in [0.1, 0.15) is 0 Å². The summed E-state index contributed by atoms with van der Waals surface area (Å²) >= 11 is 0. The molecule has 1 saturated carbocycles. The van der Waals surface area contributed by atoms with E-state index in [9.17, 15) is 0 Å². The molecule has 0 heteroatoms. The Morgan fingerprint density at radius 3 is 2.68 bits per heavy atom. The van der Waals surface area contributed by atoms with E-state index in [4.69, 9.17) is 0 Å². The maximum atomic E-state index is 2.57. The number of benzene rings is 1. The molecule has 3 aliphatic rings. The molecule has 2 atom stereocenters. The first-order valence-corrected chi connectivity index (χ1v) is 7.77. The summed E-state index contributed by atoms with van der Waals surface area (Å²) in [4.78, 5) is 0. The second kappa shape index (κ2) is 4.10. The van der Waals surface area contributed by atoms with Gasteiger partial charge in [-0.15, -0.1) is 0 Å². The molecule has 0 radical (unpaired) electrons. The Hall–Kier alpha value is -1.30. The van der Waals surface area contributed by atoms with E-state index < -0.39 is 0 Å². The highest BCUT2D eigenvalue weighted by atomic mass is 14.5. The van der Waals surface area contributed by atoms with Crippen LogP contribution in [0.15, 0.2) is 48.1 Å². The lowest BCUT2D eigenvalue weighted by atomic mass is 9.63. The van der Waals surface area contributed by atoms with E-state index in [1.165, 1.54) is 37.7 Å². The van der Waals surface area contributed by atoms with Crippen molar-refractivity contribution >= 4 is 0 Å². The fraction of sp³-hybridized carbons (Fsp3) is 0.474. The fourth-order valence-corrected chi connectivity index (χ4v) is 4.82. The van der Waals surface area contributed by atoms with Crippen molar-refractivity contribution in [2.45, 2.75) is 50.4 Å². The van der Waals surface area contributed by atoms with Crippen LogP contribution in [0.3, 0.4) is 0 Å². The molecule has 0 amide bonds. The van der Waals surface area contributed by atoms with E-state index in [0.717, 1.165) is 5.92 Å². The predicted octanol–water partition coefficient (Wildman–Crippen LogP) is 5.12. The average Bonchev–Trinajstić information content (AvgIpc) is 2.71. The smallest absolute Gasteiger partial charge is 0.00957 e. The summed E-state index contributed by atoms with van der Waals surface area (Å²) < 4.78 is 0. The van der Waals surface area contributed by atoms with Gasteiger partial charge in [-0.25, -0.2) is 0 Å². The van der Waals surface area contributed by atoms with E-state index in [0.29, 0.717) is 11.3 Å². The standard InChI is InChI=1S/C19H22/c1-14-9-10-16-15-7-3-4-8-17(15)19(18(16)13-14)11-5-2-6-12-19/h3-4,7-10,13,16,18H,2,5-6,11-12H2,1H3. The minimum atomic E-state index is 0.450. The fourth-order valence-electron chi connectivity index (χ4n) is 4.82. The Kier molecular flexibility index (Phi) is 2.48. The first kappa shape index (κ1) is 11.5. The lowest BCUT2D eigenvalue weighted by Gasteiger charge is -2.41. The topological polar surface area (TPSA) is 0 Å². The molecule has 19 heavy (non-hydrogen) atoms. The van der Waals surface area contributed by atoms with Crippen LogP contribution in [0.25, 0.3) is 0 Å². The van der Waals surface area contributed by atoms with Crippen LogP contribution in [0.1, 0.15) is 56.1 Å². The zero-order chi connectivity index (χ0) is 12.9. The van der Waals surface area contributed by atoms with Crippen molar-refractivity contribution in [1.29, 1.82) is 0 Å². The zero-order valence-corrected chi connectivity index (χ0v) is 11.7. The second-order valence-electron chi connectivity index (χ2n) is 6.63. The molecular formula is C19H22. The van der Waals surface area contributed by atoms with E-state index in [1.54, 1.807) is 11.1 Å². The van der Waals surface area contributed by atoms with Crippen LogP contribution in [0.5, 0.6) is 0 Å². The van der Waals surface area contributed by atoms with Gasteiger partial charge in [0, 0.05) is 11.3 Å². The molecule has 1 aromatic rings. The monoisotopic (exact) mass is 250 g/mol. The van der Waals surface area contributed by atoms with E-state index >= 15 is 0 Å². The SMILES string of the molecule is CC1=CC2C(C=C1)c1ccccc1C21CCCCC1. The summed E-state index contributed by atoms with van der Waals surface area (Å²) in [5.74, 6) is 1.35. The van der Waals surface area contributed by atoms with Crippen molar-refractivity contribution in [3.63, 3.8) is 0 Å². The van der Waals surface area contributed by atoms with Crippen LogP contribution < -0.4 is 0 Å². The van der Waals surface area contributed by atoms with Gasteiger partial charge in [-0.3, -0.25) is 0 Å². The van der Waals surface area contributed by atoms with Crippen LogP contribution in [0, 0.1) is 5.92 Å². The summed E-state index contributed by atoms with van der Waals surface area (Å²) in [6.07, 6.45) is 14.4. The van der Waals surface area contributed by atoms with Gasteiger partial charge in [0.15, 0.2) is 0 Å². The van der Waals surface area contributed by atoms with Gasteiger partial charge < -0.3 is 0 Å². The highest BCUT2D eigenvalue weighted by Crippen LogP contribution is 2.59. The Labute approximate surface area is 116 Å². The molecule has 0 heterocycles. The Balaban J connectivity index is 1.91. The van der Waals surface area contributed by atoms with Gasteiger partial charge >= 0.3 is 0 Å². The average molecular weight is 250 g/mol. The highest BCUT2D eigenvalue weighted by Gasteiger charge is 2.50. The number of allylic oxidation sites excluding steroid dienone is 4. The van der Waals surface area contributed by atoms with Crippen molar-refractivity contribution < 1.29 is 0 Å². The molecule has 0 N–H and O–H groups in total. The van der Waals surface area contributed by atoms with Crippen LogP contribution in [0.2, 0.25) is 0 Å². The van der Waals surface area contributed by atoms with E-state index in [-0.39, 0.29) is 0 Å². The maximum Gasteiger partial charge on any atom is 0.00957 e. The molecule has 1 aromatic carbocycles. The molecule has 1 spiro atoms. The molecule has 3 aliphatic carbocycles. The van der Waals surface area contributed by atoms with Crippen LogP contribution in [-0.2, 0) is 5.41 Å². The van der Waals surface area contributed by atoms with Crippen LogP contribution in [0.4, 0.5) is 0 Å². The molecule has 98 valence electrons. The third-order valence-electron chi connectivity index (χ3n) is 5.64. The van der Waals surface area contributed by atoms with E-state index in [2.05, 4.69) is 49.4 Å². The third kappa shape index (κ3) is 1.52. The lowest BCUT2D eigenvalue weighted by Crippen LogP contribution is -2.34. The van der Waals surface area contributed by atoms with Gasteiger partial charge in [-0.1, -0.05) is 67.3 Å². The van der Waals surface area contributed by atoms with Gasteiger partial charge in [0.2, 0.25) is 0 Å². The predicted molar refractivity (Wildman–Crippen MR) is 80.3 cm³/mol. The lowest BCUT2D eigenvalue weighted by molar-refractivity contribution is 0.232. The Bertz CT molecular complexity index is 555. The van der Waals surface area contributed by atoms with Gasteiger partial charge in [0.25, 0.3) is 0 Å². The normalized spacial score (nSPS) is 30.9. The van der Waals surface area contributed by atoms with Crippen molar-refractivity contribution in [3.05, 3.63) is 59.2 Å². The first-order chi connectivity index (χ1) is 9.31. The van der Waals surface area contributed by atoms with Crippen molar-refractivity contribution in [2.75, 3.05) is 0 Å². The van der Waals surface area contributed by atoms with Crippen molar-refractivity contribution in [2.24, 2.45) is 5.92 Å². The summed E-state index contributed by atoms with van der Waals surface area (Å²) in [5.41, 5.74) is 5.18. The largest absolute Gasteiger partial charge is 0.0767 e. The molecule has 1 fully saturated rings. The summed E-state index contributed by atoms with van der Waals surface area (Å²) in [5, 5.41) is 0. The molecule has 2 unspecified atom stereocenters. The zero-order valence-electron chi connectivity index (χ0n) is 11.7. The molecular weight excluding hydrogens is 228 g/mol. The van der Waals surface area contributed by atoms with Gasteiger partial charge in [-0.05, 0) is 36.8 Å². The van der Waals surface area contributed by atoms with E-state index in [1.807, 2.05) is 0 Å². The molecule has 0 bridgehead atoms. The first-order valence-electron chi connectivity index (χ1n) is 7.77. The van der Waals surface area contributed by atoms with Crippen LogP contribution in [-0.4, -0.2) is 0 Å². The minimum absolute atomic E-state index is 0.450. The Morgan fingerprint density at radius 1 is 1.05 bits per heavy atom. The Morgan fingerprint density at radius 2 is 1.84 bits per heavy atom. The van der Waals surface area contributed by atoms with Crippen LogP contribution >= 0.6 is 0 Å². The highest BCUT2D eigenvalue weighted by molar-refractivity contribution is 5.51. The van der Waals surface area contributed by atoms with Crippen molar-refractivity contribution in [1.82, 2.24) is 0 Å². The summed E-state index contributed by atoms with van der Waals surface area (Å²) in [7, 11) is 0. The number of fused-ring (bicyclic) bond motifs is 5. The number of rotatable bonds is 0. The molecule has 0 aromatic heterocycles. The molecule has 0 saturated heterocycles. The minimum Gasteiger partial charge on any atom is -0.0767 e. The second-order valence-corrected chi connectivity index (χ2v) is 6.63. The molecule has 0 nitrogen and oxygen atoms in total. The van der Waals surface area contributed by atoms with Gasteiger partial charge in [-0.2, -0.15) is 0 Å². The summed E-state index contributed by atoms with van der Waals surface area (Å²) in [6.45, 7) is 2.26. The maximum absolute atomic E-state index is 2.57. The quantitative estimate of drug-likeness (QED) is 0.599. The number of hydrogen-bond donors (Lipinski definition) is 0. The number of hydrogen-bond acceptors (Lipinski definition) is 0. The molecule has 0 aliphatic heterocycles. The van der Waals surface area contributed by atoms with Crippen molar-refractivity contribution in [3.8, 4) is 0 Å². The third-order valence-corrected chi connectivity index (χ3v) is 5.64. The molecule has 4 rings (SSSR count). The van der Waals surface area contributed by atoms with Gasteiger partial charge in [0.05, 0.1) is 0 Å².